The molecule has 1 saturated carbocycles. The first-order chi connectivity index (χ1) is 12.9. The van der Waals surface area contributed by atoms with E-state index in [1.54, 1.807) is 18.3 Å². The van der Waals surface area contributed by atoms with Gasteiger partial charge in [-0.15, -0.1) is 0 Å². The number of carbonyl (C=O) groups is 1. The van der Waals surface area contributed by atoms with Gasteiger partial charge in [-0.05, 0) is 44.7 Å². The lowest BCUT2D eigenvalue weighted by Gasteiger charge is -2.30. The van der Waals surface area contributed by atoms with E-state index in [2.05, 4.69) is 25.6 Å². The molecule has 2 aromatic heterocycles. The molecule has 0 aliphatic heterocycles. The van der Waals surface area contributed by atoms with Gasteiger partial charge in [0.15, 0.2) is 0 Å². The molecule has 7 nitrogen and oxygen atoms in total. The van der Waals surface area contributed by atoms with Gasteiger partial charge in [-0.2, -0.15) is 4.98 Å². The number of halogens is 1. The lowest BCUT2D eigenvalue weighted by atomic mass is 9.91. The van der Waals surface area contributed by atoms with Crippen LogP contribution >= 0.6 is 11.6 Å². The molecule has 0 bridgehead atoms. The Hall–Kier alpha value is -2.41. The van der Waals surface area contributed by atoms with E-state index < -0.39 is 0 Å². The van der Waals surface area contributed by atoms with Crippen LogP contribution in [0.1, 0.15) is 41.7 Å². The van der Waals surface area contributed by atoms with Crippen molar-refractivity contribution in [3.05, 3.63) is 40.8 Å². The number of aryl methyl sites for hydroxylation is 1. The van der Waals surface area contributed by atoms with Crippen LogP contribution in [0, 0.1) is 6.92 Å². The van der Waals surface area contributed by atoms with Crippen LogP contribution < -0.4 is 15.5 Å². The van der Waals surface area contributed by atoms with E-state index in [4.69, 9.17) is 11.6 Å². The van der Waals surface area contributed by atoms with Crippen LogP contribution in [0.4, 0.5) is 11.8 Å². The van der Waals surface area contributed by atoms with E-state index >= 15 is 0 Å². The summed E-state index contributed by atoms with van der Waals surface area (Å²) >= 11 is 6.00. The van der Waals surface area contributed by atoms with Gasteiger partial charge in [0.2, 0.25) is 5.95 Å². The Balaban J connectivity index is 1.53. The minimum atomic E-state index is -0.165. The molecule has 8 heteroatoms. The minimum Gasteiger partial charge on any atom is -0.363 e. The number of carbonyl (C=O) groups excluding carboxylic acids is 1. The molecule has 1 aliphatic carbocycles. The second-order valence-electron chi connectivity index (χ2n) is 7.09. The van der Waals surface area contributed by atoms with Gasteiger partial charge < -0.3 is 15.5 Å². The molecule has 0 aromatic carbocycles. The van der Waals surface area contributed by atoms with Crippen LogP contribution in [0.5, 0.6) is 0 Å². The summed E-state index contributed by atoms with van der Waals surface area (Å²) in [6.45, 7) is 1.97. The number of nitrogens with zero attached hydrogens (tertiary/aromatic N) is 4. The van der Waals surface area contributed by atoms with Gasteiger partial charge in [0, 0.05) is 44.1 Å². The highest BCUT2D eigenvalue weighted by molar-refractivity contribution is 6.32. The Bertz CT molecular complexity index is 805. The third-order valence-corrected chi connectivity index (χ3v) is 5.00. The van der Waals surface area contributed by atoms with Crippen LogP contribution in [-0.2, 0) is 0 Å². The summed E-state index contributed by atoms with van der Waals surface area (Å²) < 4.78 is 0. The lowest BCUT2D eigenvalue weighted by Crippen LogP contribution is -2.40. The highest BCUT2D eigenvalue weighted by Crippen LogP contribution is 2.23. The van der Waals surface area contributed by atoms with E-state index in [-0.39, 0.29) is 17.1 Å². The van der Waals surface area contributed by atoms with Crippen LogP contribution in [0.15, 0.2) is 24.4 Å². The van der Waals surface area contributed by atoms with E-state index in [0.717, 1.165) is 37.2 Å². The van der Waals surface area contributed by atoms with Gasteiger partial charge in [0.25, 0.3) is 5.91 Å². The van der Waals surface area contributed by atoms with Crippen molar-refractivity contribution in [1.82, 2.24) is 20.3 Å². The Morgan fingerprint density at radius 3 is 2.56 bits per heavy atom. The van der Waals surface area contributed by atoms with Gasteiger partial charge >= 0.3 is 0 Å². The number of hydrogen-bond donors (Lipinski definition) is 2. The molecule has 0 radical (unpaired) electrons. The SMILES string of the molecule is Cc1cc(N(C)C)nc(NC2CCC(NC(=O)c3cccnc3Cl)CC2)n1. The van der Waals surface area contributed by atoms with Gasteiger partial charge in [0.1, 0.15) is 11.0 Å². The fraction of sp³-hybridized carbons (Fsp3) is 0.474. The summed E-state index contributed by atoms with van der Waals surface area (Å²) in [4.78, 5) is 27.3. The molecule has 0 saturated heterocycles. The summed E-state index contributed by atoms with van der Waals surface area (Å²) in [5.74, 6) is 1.38. The van der Waals surface area contributed by atoms with Gasteiger partial charge in [-0.3, -0.25) is 4.79 Å². The summed E-state index contributed by atoms with van der Waals surface area (Å²) in [7, 11) is 3.93. The second kappa shape index (κ2) is 8.52. The second-order valence-corrected chi connectivity index (χ2v) is 7.45. The van der Waals surface area contributed by atoms with Crippen molar-refractivity contribution in [2.75, 3.05) is 24.3 Å². The lowest BCUT2D eigenvalue weighted by molar-refractivity contribution is 0.0926. The topological polar surface area (TPSA) is 83.0 Å². The average molecular weight is 389 g/mol. The average Bonchev–Trinajstić information content (AvgIpc) is 2.63. The van der Waals surface area contributed by atoms with Crippen molar-refractivity contribution >= 4 is 29.3 Å². The molecule has 2 N–H and O–H groups in total. The first-order valence-corrected chi connectivity index (χ1v) is 9.51. The molecule has 2 heterocycles. The monoisotopic (exact) mass is 388 g/mol. The van der Waals surface area contributed by atoms with Gasteiger partial charge in [-0.1, -0.05) is 11.6 Å². The highest BCUT2D eigenvalue weighted by atomic mass is 35.5. The largest absolute Gasteiger partial charge is 0.363 e. The number of anilines is 2. The van der Waals surface area contributed by atoms with E-state index in [1.165, 1.54) is 0 Å². The number of hydrogen-bond acceptors (Lipinski definition) is 6. The maximum Gasteiger partial charge on any atom is 0.254 e. The van der Waals surface area contributed by atoms with Crippen LogP contribution in [0.2, 0.25) is 5.15 Å². The Labute approximate surface area is 164 Å². The molecule has 1 fully saturated rings. The van der Waals surface area contributed by atoms with Crippen molar-refractivity contribution in [3.63, 3.8) is 0 Å². The molecule has 0 unspecified atom stereocenters. The van der Waals surface area contributed by atoms with Crippen LogP contribution in [-0.4, -0.2) is 47.0 Å². The van der Waals surface area contributed by atoms with E-state index in [1.807, 2.05) is 32.0 Å². The van der Waals surface area contributed by atoms with Crippen molar-refractivity contribution < 1.29 is 4.79 Å². The fourth-order valence-corrected chi connectivity index (χ4v) is 3.43. The van der Waals surface area contributed by atoms with E-state index in [0.29, 0.717) is 17.6 Å². The predicted molar refractivity (Wildman–Crippen MR) is 107 cm³/mol. The Morgan fingerprint density at radius 1 is 1.19 bits per heavy atom. The molecule has 0 spiro atoms. The smallest absolute Gasteiger partial charge is 0.254 e. The Kier molecular flexibility index (Phi) is 6.11. The first kappa shape index (κ1) is 19.4. The van der Waals surface area contributed by atoms with Crippen molar-refractivity contribution in [2.24, 2.45) is 0 Å². The highest BCUT2D eigenvalue weighted by Gasteiger charge is 2.24. The van der Waals surface area contributed by atoms with Crippen LogP contribution in [0.25, 0.3) is 0 Å². The van der Waals surface area contributed by atoms with E-state index in [9.17, 15) is 4.79 Å². The fourth-order valence-electron chi connectivity index (χ4n) is 3.23. The molecule has 1 amide bonds. The maximum atomic E-state index is 12.4. The number of aromatic nitrogens is 3. The third-order valence-electron chi connectivity index (χ3n) is 4.70. The van der Waals surface area contributed by atoms with Crippen molar-refractivity contribution in [3.8, 4) is 0 Å². The number of amides is 1. The third kappa shape index (κ3) is 5.07. The van der Waals surface area contributed by atoms with Gasteiger partial charge in [-0.25, -0.2) is 9.97 Å². The zero-order chi connectivity index (χ0) is 19.4. The van der Waals surface area contributed by atoms with Crippen molar-refractivity contribution in [1.29, 1.82) is 0 Å². The van der Waals surface area contributed by atoms with Crippen LogP contribution in [0.3, 0.4) is 0 Å². The van der Waals surface area contributed by atoms with Crippen molar-refractivity contribution in [2.45, 2.75) is 44.7 Å². The molecule has 1 aliphatic rings. The summed E-state index contributed by atoms with van der Waals surface area (Å²) in [6, 6.07) is 5.81. The summed E-state index contributed by atoms with van der Waals surface area (Å²) in [5.41, 5.74) is 1.36. The molecule has 3 rings (SSSR count). The summed E-state index contributed by atoms with van der Waals surface area (Å²) in [6.07, 6.45) is 5.26. The molecule has 27 heavy (non-hydrogen) atoms. The normalized spacial score (nSPS) is 19.4. The molecule has 2 aromatic rings. The first-order valence-electron chi connectivity index (χ1n) is 9.13. The zero-order valence-electron chi connectivity index (χ0n) is 15.9. The molecular weight excluding hydrogens is 364 g/mol. The number of pyridine rings is 1. The standard InChI is InChI=1S/C19H25ClN6O/c1-12-11-16(26(2)3)25-19(22-12)24-14-8-6-13(7-9-14)23-18(27)15-5-4-10-21-17(15)20/h4-5,10-11,13-14H,6-9H2,1-3H3,(H,23,27)(H,22,24,25). The maximum absolute atomic E-state index is 12.4. The number of nitrogens with one attached hydrogen (secondary N) is 2. The zero-order valence-corrected chi connectivity index (χ0v) is 16.6. The molecule has 144 valence electrons. The quantitative estimate of drug-likeness (QED) is 0.766. The predicted octanol–water partition coefficient (Wildman–Crippen LogP) is 3.05. The molecular formula is C19H25ClN6O. The minimum absolute atomic E-state index is 0.141. The Morgan fingerprint density at radius 2 is 1.89 bits per heavy atom. The summed E-state index contributed by atoms with van der Waals surface area (Å²) in [5, 5.41) is 6.74. The molecule has 0 atom stereocenters. The number of rotatable bonds is 5. The van der Waals surface area contributed by atoms with Gasteiger partial charge in [0.05, 0.1) is 5.56 Å².